The van der Waals surface area contributed by atoms with E-state index in [1.54, 1.807) is 11.3 Å². The molecule has 1 aromatic heterocycles. The van der Waals surface area contributed by atoms with Crippen LogP contribution in [0.3, 0.4) is 0 Å². The fourth-order valence-corrected chi connectivity index (χ4v) is 2.24. The lowest BCUT2D eigenvalue weighted by atomic mass is 10.0. The number of aryl methyl sites for hydroxylation is 2. The molecule has 0 unspecified atom stereocenters. The largest absolute Gasteiger partial charge is 0.321 e. The van der Waals surface area contributed by atoms with Crippen molar-refractivity contribution in [3.63, 3.8) is 0 Å². The standard InChI is InChI=1S/C9H16N2S/c1-5-7-8(9(3,4)10)12-6(2)11-7/h5,10H2,1-4H3. The Morgan fingerprint density at radius 1 is 1.50 bits per heavy atom. The number of thiazole rings is 1. The summed E-state index contributed by atoms with van der Waals surface area (Å²) >= 11 is 1.71. The fraction of sp³-hybridized carbons (Fsp3) is 0.667. The first-order valence-corrected chi connectivity index (χ1v) is 5.02. The van der Waals surface area contributed by atoms with Crippen LogP contribution in [0.1, 0.15) is 36.3 Å². The molecule has 0 amide bonds. The highest BCUT2D eigenvalue weighted by molar-refractivity contribution is 7.11. The molecule has 1 rings (SSSR count). The van der Waals surface area contributed by atoms with E-state index in [9.17, 15) is 0 Å². The van der Waals surface area contributed by atoms with Gasteiger partial charge in [0, 0.05) is 10.4 Å². The van der Waals surface area contributed by atoms with Crippen molar-refractivity contribution in [2.75, 3.05) is 0 Å². The first-order chi connectivity index (χ1) is 5.45. The Hall–Kier alpha value is -0.410. The molecule has 0 fully saturated rings. The van der Waals surface area contributed by atoms with E-state index in [1.807, 2.05) is 20.8 Å². The predicted octanol–water partition coefficient (Wildman–Crippen LogP) is 2.21. The number of rotatable bonds is 2. The lowest BCUT2D eigenvalue weighted by molar-refractivity contribution is 0.559. The van der Waals surface area contributed by atoms with Crippen LogP contribution in [0.25, 0.3) is 0 Å². The fourth-order valence-electron chi connectivity index (χ4n) is 1.21. The third kappa shape index (κ3) is 1.84. The van der Waals surface area contributed by atoms with Crippen molar-refractivity contribution < 1.29 is 0 Å². The van der Waals surface area contributed by atoms with Crippen molar-refractivity contribution in [1.29, 1.82) is 0 Å². The highest BCUT2D eigenvalue weighted by atomic mass is 32.1. The molecule has 0 radical (unpaired) electrons. The lowest BCUT2D eigenvalue weighted by Crippen LogP contribution is -2.28. The highest BCUT2D eigenvalue weighted by Crippen LogP contribution is 2.27. The summed E-state index contributed by atoms with van der Waals surface area (Å²) in [5, 5.41) is 1.11. The van der Waals surface area contributed by atoms with Crippen LogP contribution >= 0.6 is 11.3 Å². The van der Waals surface area contributed by atoms with E-state index >= 15 is 0 Å². The Kier molecular flexibility index (Phi) is 2.54. The molecule has 0 aliphatic heterocycles. The minimum atomic E-state index is -0.239. The molecule has 0 atom stereocenters. The average molecular weight is 184 g/mol. The number of nitrogens with zero attached hydrogens (tertiary/aromatic N) is 1. The Morgan fingerprint density at radius 3 is 2.42 bits per heavy atom. The molecule has 0 aliphatic rings. The van der Waals surface area contributed by atoms with Gasteiger partial charge in [-0.25, -0.2) is 4.98 Å². The highest BCUT2D eigenvalue weighted by Gasteiger charge is 2.21. The van der Waals surface area contributed by atoms with Crippen LogP contribution in [0.5, 0.6) is 0 Å². The molecular weight excluding hydrogens is 168 g/mol. The zero-order valence-corrected chi connectivity index (χ0v) is 8.96. The van der Waals surface area contributed by atoms with Gasteiger partial charge in [0.15, 0.2) is 0 Å². The molecule has 0 bridgehead atoms. The van der Waals surface area contributed by atoms with E-state index in [1.165, 1.54) is 4.88 Å². The van der Waals surface area contributed by atoms with Gasteiger partial charge in [-0.15, -0.1) is 11.3 Å². The second-order valence-corrected chi connectivity index (χ2v) is 4.79. The van der Waals surface area contributed by atoms with Gasteiger partial charge in [0.2, 0.25) is 0 Å². The van der Waals surface area contributed by atoms with Crippen LogP contribution in [0.4, 0.5) is 0 Å². The van der Waals surface area contributed by atoms with Gasteiger partial charge in [-0.2, -0.15) is 0 Å². The maximum atomic E-state index is 6.02. The van der Waals surface area contributed by atoms with Crippen LogP contribution in [0, 0.1) is 6.92 Å². The van der Waals surface area contributed by atoms with Crippen LogP contribution in [0.2, 0.25) is 0 Å². The van der Waals surface area contributed by atoms with Gasteiger partial charge in [-0.3, -0.25) is 0 Å². The van der Waals surface area contributed by atoms with E-state index in [-0.39, 0.29) is 5.54 Å². The van der Waals surface area contributed by atoms with Crippen molar-refractivity contribution in [1.82, 2.24) is 4.98 Å². The van der Waals surface area contributed by atoms with Gasteiger partial charge in [0.05, 0.1) is 10.7 Å². The second kappa shape index (κ2) is 3.15. The van der Waals surface area contributed by atoms with E-state index in [2.05, 4.69) is 11.9 Å². The molecule has 2 nitrogen and oxygen atoms in total. The van der Waals surface area contributed by atoms with Gasteiger partial charge < -0.3 is 5.73 Å². The van der Waals surface area contributed by atoms with E-state index < -0.39 is 0 Å². The minimum absolute atomic E-state index is 0.239. The monoisotopic (exact) mass is 184 g/mol. The number of nitrogens with two attached hydrogens (primary N) is 1. The average Bonchev–Trinajstić information content (AvgIpc) is 2.29. The van der Waals surface area contributed by atoms with Crippen LogP contribution in [-0.4, -0.2) is 4.98 Å². The van der Waals surface area contributed by atoms with Gasteiger partial charge in [-0.1, -0.05) is 6.92 Å². The molecule has 0 saturated carbocycles. The van der Waals surface area contributed by atoms with Crippen LogP contribution in [0.15, 0.2) is 0 Å². The second-order valence-electron chi connectivity index (χ2n) is 3.58. The first-order valence-electron chi connectivity index (χ1n) is 4.20. The van der Waals surface area contributed by atoms with Crippen molar-refractivity contribution in [2.45, 2.75) is 39.7 Å². The third-order valence-corrected chi connectivity index (χ3v) is 3.08. The maximum absolute atomic E-state index is 6.02. The number of hydrogen-bond donors (Lipinski definition) is 1. The Morgan fingerprint density at radius 2 is 2.08 bits per heavy atom. The molecule has 1 heterocycles. The summed E-state index contributed by atoms with van der Waals surface area (Å²) in [6.07, 6.45) is 0.973. The summed E-state index contributed by atoms with van der Waals surface area (Å²) in [7, 11) is 0. The maximum Gasteiger partial charge on any atom is 0.0900 e. The molecule has 3 heteroatoms. The zero-order valence-electron chi connectivity index (χ0n) is 8.14. The summed E-state index contributed by atoms with van der Waals surface area (Å²) < 4.78 is 0. The quantitative estimate of drug-likeness (QED) is 0.765. The molecule has 68 valence electrons. The summed E-state index contributed by atoms with van der Waals surface area (Å²) in [6, 6.07) is 0. The van der Waals surface area contributed by atoms with Gasteiger partial charge >= 0.3 is 0 Å². The SMILES string of the molecule is CCc1nc(C)sc1C(C)(C)N. The molecule has 0 saturated heterocycles. The van der Waals surface area contributed by atoms with Crippen LogP contribution < -0.4 is 5.73 Å². The first kappa shape index (κ1) is 9.68. The van der Waals surface area contributed by atoms with Gasteiger partial charge in [0.1, 0.15) is 0 Å². The molecular formula is C9H16N2S. The lowest BCUT2D eigenvalue weighted by Gasteiger charge is -2.17. The van der Waals surface area contributed by atoms with Crippen molar-refractivity contribution >= 4 is 11.3 Å². The Labute approximate surface area is 77.8 Å². The molecule has 2 N–H and O–H groups in total. The number of hydrogen-bond acceptors (Lipinski definition) is 3. The molecule has 1 aromatic rings. The van der Waals surface area contributed by atoms with Crippen molar-refractivity contribution in [2.24, 2.45) is 5.73 Å². The predicted molar refractivity (Wildman–Crippen MR) is 53.4 cm³/mol. The summed E-state index contributed by atoms with van der Waals surface area (Å²) in [6.45, 7) is 8.20. The van der Waals surface area contributed by atoms with Gasteiger partial charge in [0.25, 0.3) is 0 Å². The van der Waals surface area contributed by atoms with E-state index in [4.69, 9.17) is 5.73 Å². The number of aromatic nitrogens is 1. The third-order valence-electron chi connectivity index (χ3n) is 1.72. The summed E-state index contributed by atoms with van der Waals surface area (Å²) in [5.41, 5.74) is 6.94. The van der Waals surface area contributed by atoms with Crippen LogP contribution in [-0.2, 0) is 12.0 Å². The normalized spacial score (nSPS) is 12.1. The molecule has 0 aliphatic carbocycles. The van der Waals surface area contributed by atoms with Crippen molar-refractivity contribution in [3.8, 4) is 0 Å². The topological polar surface area (TPSA) is 38.9 Å². The van der Waals surface area contributed by atoms with E-state index in [0.717, 1.165) is 17.1 Å². The zero-order chi connectivity index (χ0) is 9.35. The van der Waals surface area contributed by atoms with E-state index in [0.29, 0.717) is 0 Å². The van der Waals surface area contributed by atoms with Gasteiger partial charge in [-0.05, 0) is 27.2 Å². The summed E-state index contributed by atoms with van der Waals surface area (Å²) in [5.74, 6) is 0. The Balaban J connectivity index is 3.13. The molecule has 0 aromatic carbocycles. The summed E-state index contributed by atoms with van der Waals surface area (Å²) in [4.78, 5) is 5.66. The minimum Gasteiger partial charge on any atom is -0.321 e. The molecule has 0 spiro atoms. The van der Waals surface area contributed by atoms with Crippen molar-refractivity contribution in [3.05, 3.63) is 15.6 Å². The smallest absolute Gasteiger partial charge is 0.0900 e. The Bertz CT molecular complexity index is 271. The molecule has 12 heavy (non-hydrogen) atoms.